The van der Waals surface area contributed by atoms with Gasteiger partial charge in [-0.05, 0) is 36.2 Å². The Bertz CT molecular complexity index is 705. The molecular formula is C18H23NO5. The zero-order chi connectivity index (χ0) is 17.7. The summed E-state index contributed by atoms with van der Waals surface area (Å²) in [5.74, 6) is 0.491. The Labute approximate surface area is 141 Å². The molecule has 0 saturated heterocycles. The summed E-state index contributed by atoms with van der Waals surface area (Å²) in [6, 6.07) is 7.05. The fourth-order valence-corrected chi connectivity index (χ4v) is 2.42. The number of hydrogen-bond acceptors (Lipinski definition) is 5. The summed E-state index contributed by atoms with van der Waals surface area (Å²) in [5, 5.41) is 8.90. The Balaban J connectivity index is 2.28. The van der Waals surface area contributed by atoms with Gasteiger partial charge < -0.3 is 23.9 Å². The molecule has 1 aromatic carbocycles. The number of nitrogens with zero attached hydrogens (tertiary/aromatic N) is 1. The van der Waals surface area contributed by atoms with E-state index >= 15 is 0 Å². The lowest BCUT2D eigenvalue weighted by atomic mass is 10.1. The molecule has 1 N–H and O–H groups in total. The molecule has 0 radical (unpaired) electrons. The molecule has 0 saturated carbocycles. The van der Waals surface area contributed by atoms with Crippen molar-refractivity contribution in [3.8, 4) is 11.5 Å². The van der Waals surface area contributed by atoms with Crippen LogP contribution >= 0.6 is 0 Å². The minimum atomic E-state index is -1.10. The molecule has 1 heterocycles. The second-order valence-corrected chi connectivity index (χ2v) is 5.65. The number of anilines is 1. The Kier molecular flexibility index (Phi) is 5.73. The predicted octanol–water partition coefficient (Wildman–Crippen LogP) is 3.58. The highest BCUT2D eigenvalue weighted by Crippen LogP contribution is 2.39. The van der Waals surface area contributed by atoms with E-state index in [-0.39, 0.29) is 12.4 Å². The Hall–Kier alpha value is -2.63. The summed E-state index contributed by atoms with van der Waals surface area (Å²) in [6.07, 6.45) is 2.00. The zero-order valence-electron chi connectivity index (χ0n) is 14.5. The van der Waals surface area contributed by atoms with Crippen LogP contribution in [0.1, 0.15) is 35.2 Å². The van der Waals surface area contributed by atoms with Crippen molar-refractivity contribution in [2.24, 2.45) is 0 Å². The van der Waals surface area contributed by atoms with E-state index in [9.17, 15) is 4.79 Å². The lowest BCUT2D eigenvalue weighted by Gasteiger charge is -2.21. The first-order valence-corrected chi connectivity index (χ1v) is 7.79. The third-order valence-corrected chi connectivity index (χ3v) is 3.57. The third kappa shape index (κ3) is 4.01. The van der Waals surface area contributed by atoms with Crippen LogP contribution < -0.4 is 14.4 Å². The van der Waals surface area contributed by atoms with Crippen molar-refractivity contribution in [2.75, 3.05) is 26.1 Å². The highest BCUT2D eigenvalue weighted by atomic mass is 16.5. The first-order valence-electron chi connectivity index (χ1n) is 7.79. The standard InChI is InChI=1S/C18H23NO5/c1-5-6-12-9-14(19(2)3)17(16(10-12)22-4)23-11-13-7-8-15(24-13)18(20)21/h7-10H,5-6,11H2,1-4H3,(H,20,21). The Morgan fingerprint density at radius 2 is 2.04 bits per heavy atom. The van der Waals surface area contributed by atoms with Crippen LogP contribution in [0.5, 0.6) is 11.5 Å². The van der Waals surface area contributed by atoms with Crippen molar-refractivity contribution in [1.82, 2.24) is 0 Å². The minimum absolute atomic E-state index is 0.105. The maximum Gasteiger partial charge on any atom is 0.371 e. The van der Waals surface area contributed by atoms with Crippen LogP contribution in [0.2, 0.25) is 0 Å². The molecular weight excluding hydrogens is 310 g/mol. The van der Waals surface area contributed by atoms with Crippen molar-refractivity contribution in [2.45, 2.75) is 26.4 Å². The van der Waals surface area contributed by atoms with Gasteiger partial charge in [0.15, 0.2) is 11.5 Å². The average Bonchev–Trinajstić information content (AvgIpc) is 3.02. The van der Waals surface area contributed by atoms with Gasteiger partial charge in [0.2, 0.25) is 5.76 Å². The lowest BCUT2D eigenvalue weighted by Crippen LogP contribution is -2.12. The summed E-state index contributed by atoms with van der Waals surface area (Å²) in [7, 11) is 5.48. The first-order chi connectivity index (χ1) is 11.5. The van der Waals surface area contributed by atoms with Gasteiger partial charge in [0.25, 0.3) is 0 Å². The van der Waals surface area contributed by atoms with Crippen LogP contribution in [0.4, 0.5) is 5.69 Å². The summed E-state index contributed by atoms with van der Waals surface area (Å²) in [6.45, 7) is 2.25. The van der Waals surface area contributed by atoms with E-state index in [0.717, 1.165) is 18.5 Å². The van der Waals surface area contributed by atoms with E-state index in [1.807, 2.05) is 25.1 Å². The van der Waals surface area contributed by atoms with Gasteiger partial charge in [-0.3, -0.25) is 0 Å². The van der Waals surface area contributed by atoms with Crippen LogP contribution in [0.15, 0.2) is 28.7 Å². The highest BCUT2D eigenvalue weighted by Gasteiger charge is 2.16. The van der Waals surface area contributed by atoms with E-state index < -0.39 is 5.97 Å². The molecule has 0 aliphatic rings. The van der Waals surface area contributed by atoms with Gasteiger partial charge in [-0.15, -0.1) is 0 Å². The number of ether oxygens (including phenoxy) is 2. The Morgan fingerprint density at radius 3 is 2.58 bits per heavy atom. The molecule has 0 aliphatic carbocycles. The summed E-state index contributed by atoms with van der Waals surface area (Å²) >= 11 is 0. The predicted molar refractivity (Wildman–Crippen MR) is 91.3 cm³/mol. The number of aryl methyl sites for hydroxylation is 1. The van der Waals surface area contributed by atoms with E-state index in [1.54, 1.807) is 13.2 Å². The molecule has 0 bridgehead atoms. The largest absolute Gasteiger partial charge is 0.493 e. The third-order valence-electron chi connectivity index (χ3n) is 3.57. The van der Waals surface area contributed by atoms with Gasteiger partial charge >= 0.3 is 5.97 Å². The minimum Gasteiger partial charge on any atom is -0.493 e. The molecule has 1 aromatic heterocycles. The number of carboxylic acids is 1. The number of aromatic carboxylic acids is 1. The smallest absolute Gasteiger partial charge is 0.371 e. The van der Waals surface area contributed by atoms with E-state index in [2.05, 4.69) is 13.0 Å². The molecule has 6 nitrogen and oxygen atoms in total. The second kappa shape index (κ2) is 7.77. The molecule has 0 amide bonds. The normalized spacial score (nSPS) is 10.5. The lowest BCUT2D eigenvalue weighted by molar-refractivity contribution is 0.0658. The molecule has 0 aliphatic heterocycles. The molecule has 0 unspecified atom stereocenters. The fraction of sp³-hybridized carbons (Fsp3) is 0.389. The Morgan fingerprint density at radius 1 is 1.29 bits per heavy atom. The topological polar surface area (TPSA) is 72.1 Å². The van der Waals surface area contributed by atoms with Gasteiger partial charge in [-0.25, -0.2) is 4.79 Å². The van der Waals surface area contributed by atoms with Crippen molar-refractivity contribution in [3.63, 3.8) is 0 Å². The number of hydrogen-bond donors (Lipinski definition) is 1. The molecule has 0 atom stereocenters. The van der Waals surface area contributed by atoms with Crippen LogP contribution in [0.3, 0.4) is 0 Å². The quantitative estimate of drug-likeness (QED) is 0.796. The SMILES string of the molecule is CCCc1cc(OC)c(OCc2ccc(C(=O)O)o2)c(N(C)C)c1. The summed E-state index contributed by atoms with van der Waals surface area (Å²) < 4.78 is 16.6. The maximum absolute atomic E-state index is 10.9. The number of furan rings is 1. The summed E-state index contributed by atoms with van der Waals surface area (Å²) in [4.78, 5) is 12.8. The van der Waals surface area contributed by atoms with Crippen molar-refractivity contribution in [3.05, 3.63) is 41.3 Å². The molecule has 0 fully saturated rings. The second-order valence-electron chi connectivity index (χ2n) is 5.65. The van der Waals surface area contributed by atoms with Crippen LogP contribution in [0.25, 0.3) is 0 Å². The average molecular weight is 333 g/mol. The van der Waals surface area contributed by atoms with Gasteiger partial charge in [0.05, 0.1) is 12.8 Å². The number of carbonyl (C=O) groups is 1. The molecule has 24 heavy (non-hydrogen) atoms. The zero-order valence-corrected chi connectivity index (χ0v) is 14.5. The first kappa shape index (κ1) is 17.7. The van der Waals surface area contributed by atoms with Gasteiger partial charge in [-0.1, -0.05) is 13.3 Å². The fourth-order valence-electron chi connectivity index (χ4n) is 2.42. The number of rotatable bonds is 8. The maximum atomic E-state index is 10.9. The van der Waals surface area contributed by atoms with Crippen molar-refractivity contribution >= 4 is 11.7 Å². The van der Waals surface area contributed by atoms with Crippen LogP contribution in [-0.2, 0) is 13.0 Å². The molecule has 6 heteroatoms. The monoisotopic (exact) mass is 333 g/mol. The summed E-state index contributed by atoms with van der Waals surface area (Å²) in [5.41, 5.74) is 2.08. The van der Waals surface area contributed by atoms with Crippen LogP contribution in [0, 0.1) is 0 Å². The van der Waals surface area contributed by atoms with Gasteiger partial charge in [0.1, 0.15) is 12.4 Å². The van der Waals surface area contributed by atoms with Crippen molar-refractivity contribution in [1.29, 1.82) is 0 Å². The number of carboxylic acid groups (broad SMARTS) is 1. The highest BCUT2D eigenvalue weighted by molar-refractivity contribution is 5.84. The van der Waals surface area contributed by atoms with Gasteiger partial charge in [0, 0.05) is 14.1 Å². The van der Waals surface area contributed by atoms with E-state index in [0.29, 0.717) is 17.3 Å². The molecule has 0 spiro atoms. The molecule has 2 aromatic rings. The molecule has 2 rings (SSSR count). The van der Waals surface area contributed by atoms with Gasteiger partial charge in [-0.2, -0.15) is 0 Å². The van der Waals surface area contributed by atoms with E-state index in [1.165, 1.54) is 11.6 Å². The van der Waals surface area contributed by atoms with Crippen LogP contribution in [-0.4, -0.2) is 32.3 Å². The van der Waals surface area contributed by atoms with E-state index in [4.69, 9.17) is 19.0 Å². The number of methoxy groups -OCH3 is 1. The van der Waals surface area contributed by atoms with Crippen molar-refractivity contribution < 1.29 is 23.8 Å². The number of benzene rings is 1. The molecule has 130 valence electrons.